The van der Waals surface area contributed by atoms with Gasteiger partial charge in [0.1, 0.15) is 5.00 Å². The zero-order valence-corrected chi connectivity index (χ0v) is 15.0. The molecule has 1 saturated heterocycles. The molecular formula is C15H21N5O3S. The molecule has 0 bridgehead atoms. The van der Waals surface area contributed by atoms with E-state index in [1.54, 1.807) is 11.9 Å². The second-order valence-electron chi connectivity index (χ2n) is 5.97. The summed E-state index contributed by atoms with van der Waals surface area (Å²) in [4.78, 5) is 14.6. The van der Waals surface area contributed by atoms with Crippen molar-refractivity contribution in [2.45, 2.75) is 32.8 Å². The smallest absolute Gasteiger partial charge is 0.258 e. The Labute approximate surface area is 144 Å². The molecule has 1 aliphatic rings. The van der Waals surface area contributed by atoms with Gasteiger partial charge in [-0.15, -0.1) is 10.2 Å². The van der Waals surface area contributed by atoms with Crippen molar-refractivity contribution in [2.75, 3.05) is 32.1 Å². The van der Waals surface area contributed by atoms with Gasteiger partial charge in [0.25, 0.3) is 5.91 Å². The Hall–Kier alpha value is -2.00. The number of nitrogens with one attached hydrogen (secondary N) is 1. The summed E-state index contributed by atoms with van der Waals surface area (Å²) in [6.45, 7) is 7.16. The van der Waals surface area contributed by atoms with Crippen molar-refractivity contribution in [3.8, 4) is 0 Å². The van der Waals surface area contributed by atoms with Crippen LogP contribution in [0.1, 0.15) is 53.7 Å². The summed E-state index contributed by atoms with van der Waals surface area (Å²) >= 11 is 1.29. The molecule has 0 spiro atoms. The Morgan fingerprint density at radius 2 is 2.21 bits per heavy atom. The average Bonchev–Trinajstić information content (AvgIpc) is 3.21. The van der Waals surface area contributed by atoms with Crippen LogP contribution >= 0.6 is 11.5 Å². The number of aromatic nitrogens is 3. The fourth-order valence-corrected chi connectivity index (χ4v) is 3.28. The zero-order valence-electron chi connectivity index (χ0n) is 14.2. The van der Waals surface area contributed by atoms with Crippen LogP contribution in [0.15, 0.2) is 4.42 Å². The van der Waals surface area contributed by atoms with E-state index in [0.29, 0.717) is 37.0 Å². The molecule has 1 N–H and O–H groups in total. The van der Waals surface area contributed by atoms with E-state index in [1.165, 1.54) is 11.5 Å². The minimum absolute atomic E-state index is 0.0532. The van der Waals surface area contributed by atoms with E-state index in [9.17, 15) is 4.79 Å². The monoisotopic (exact) mass is 351 g/mol. The summed E-state index contributed by atoms with van der Waals surface area (Å²) in [5.41, 5.74) is 1.36. The number of ether oxygens (including phenoxy) is 1. The third-order valence-electron chi connectivity index (χ3n) is 3.88. The van der Waals surface area contributed by atoms with Crippen LogP contribution in [0.25, 0.3) is 0 Å². The SMILES string of the molecule is CNc1snc(C)c1C(=O)N1CCO[C@@H](c2nnc(C(C)C)o2)C1. The van der Waals surface area contributed by atoms with Crippen LogP contribution in [-0.2, 0) is 4.74 Å². The third-order valence-corrected chi connectivity index (χ3v) is 4.84. The summed E-state index contributed by atoms with van der Waals surface area (Å²) < 4.78 is 15.6. The normalized spacial score (nSPS) is 18.2. The molecule has 0 aromatic carbocycles. The van der Waals surface area contributed by atoms with E-state index in [2.05, 4.69) is 19.9 Å². The molecule has 1 atom stereocenters. The number of hydrogen-bond donors (Lipinski definition) is 1. The molecule has 0 saturated carbocycles. The first-order chi connectivity index (χ1) is 11.5. The van der Waals surface area contributed by atoms with Gasteiger partial charge >= 0.3 is 0 Å². The molecule has 0 unspecified atom stereocenters. The second-order valence-corrected chi connectivity index (χ2v) is 6.74. The highest BCUT2D eigenvalue weighted by atomic mass is 32.1. The van der Waals surface area contributed by atoms with E-state index in [1.807, 2.05) is 20.8 Å². The molecule has 3 rings (SSSR count). The molecule has 130 valence electrons. The summed E-state index contributed by atoms with van der Waals surface area (Å²) in [6.07, 6.45) is -0.396. The maximum atomic E-state index is 12.9. The van der Waals surface area contributed by atoms with Gasteiger partial charge in [-0.25, -0.2) is 0 Å². The van der Waals surface area contributed by atoms with Crippen molar-refractivity contribution in [2.24, 2.45) is 0 Å². The number of nitrogens with zero attached hydrogens (tertiary/aromatic N) is 4. The van der Waals surface area contributed by atoms with E-state index >= 15 is 0 Å². The Balaban J connectivity index is 1.77. The van der Waals surface area contributed by atoms with Crippen LogP contribution in [-0.4, -0.2) is 52.1 Å². The molecular weight excluding hydrogens is 330 g/mol. The predicted octanol–water partition coefficient (Wildman–Crippen LogP) is 2.21. The molecule has 8 nitrogen and oxygen atoms in total. The highest BCUT2D eigenvalue weighted by molar-refractivity contribution is 7.10. The summed E-state index contributed by atoms with van der Waals surface area (Å²) in [7, 11) is 1.79. The Kier molecular flexibility index (Phi) is 4.81. The first-order valence-corrected chi connectivity index (χ1v) is 8.66. The quantitative estimate of drug-likeness (QED) is 0.902. The number of morpholine rings is 1. The van der Waals surface area contributed by atoms with Gasteiger partial charge in [-0.1, -0.05) is 13.8 Å². The Morgan fingerprint density at radius 3 is 2.88 bits per heavy atom. The molecule has 0 aliphatic carbocycles. The standard InChI is InChI=1S/C15H21N5O3S/c1-8(2)12-17-18-13(23-12)10-7-20(5-6-22-10)15(21)11-9(3)19-24-14(11)16-4/h8,10,16H,5-7H2,1-4H3/t10-/m1/s1. The van der Waals surface area contributed by atoms with Crippen molar-refractivity contribution < 1.29 is 13.9 Å². The van der Waals surface area contributed by atoms with E-state index in [0.717, 1.165) is 10.7 Å². The molecule has 2 aromatic heterocycles. The molecule has 1 aliphatic heterocycles. The minimum Gasteiger partial charge on any atom is -0.422 e. The lowest BCUT2D eigenvalue weighted by Crippen LogP contribution is -2.42. The highest BCUT2D eigenvalue weighted by Crippen LogP contribution is 2.28. The molecule has 0 radical (unpaired) electrons. The summed E-state index contributed by atoms with van der Waals surface area (Å²) in [5, 5.41) is 11.9. The lowest BCUT2D eigenvalue weighted by Gasteiger charge is -2.31. The largest absolute Gasteiger partial charge is 0.422 e. The van der Waals surface area contributed by atoms with Crippen LogP contribution in [0.5, 0.6) is 0 Å². The first-order valence-electron chi connectivity index (χ1n) is 7.89. The fraction of sp³-hybridized carbons (Fsp3) is 0.600. The molecule has 1 fully saturated rings. The topological polar surface area (TPSA) is 93.4 Å². The Bertz CT molecular complexity index is 727. The minimum atomic E-state index is -0.396. The van der Waals surface area contributed by atoms with E-state index in [4.69, 9.17) is 9.15 Å². The van der Waals surface area contributed by atoms with Crippen molar-refractivity contribution in [3.63, 3.8) is 0 Å². The first kappa shape index (κ1) is 16.8. The number of anilines is 1. The van der Waals surface area contributed by atoms with Gasteiger partial charge in [-0.2, -0.15) is 4.37 Å². The van der Waals surface area contributed by atoms with Crippen molar-refractivity contribution in [1.29, 1.82) is 0 Å². The molecule has 2 aromatic rings. The number of carbonyl (C=O) groups excluding carboxylic acids is 1. The van der Waals surface area contributed by atoms with E-state index < -0.39 is 6.10 Å². The third kappa shape index (κ3) is 3.13. The van der Waals surface area contributed by atoms with Crippen molar-refractivity contribution in [1.82, 2.24) is 19.5 Å². The molecule has 1 amide bonds. The van der Waals surface area contributed by atoms with Crippen LogP contribution in [0.3, 0.4) is 0 Å². The number of carbonyl (C=O) groups is 1. The highest BCUT2D eigenvalue weighted by Gasteiger charge is 2.32. The lowest BCUT2D eigenvalue weighted by molar-refractivity contribution is -0.0351. The van der Waals surface area contributed by atoms with Gasteiger partial charge < -0.3 is 19.4 Å². The van der Waals surface area contributed by atoms with Crippen LogP contribution in [0.2, 0.25) is 0 Å². The van der Waals surface area contributed by atoms with Crippen molar-refractivity contribution >= 4 is 22.4 Å². The molecule has 3 heterocycles. The number of aryl methyl sites for hydroxylation is 1. The van der Waals surface area contributed by atoms with E-state index in [-0.39, 0.29) is 11.8 Å². The van der Waals surface area contributed by atoms with Crippen LogP contribution in [0, 0.1) is 6.92 Å². The average molecular weight is 351 g/mol. The van der Waals surface area contributed by atoms with Gasteiger partial charge in [0.05, 0.1) is 24.4 Å². The van der Waals surface area contributed by atoms with Gasteiger partial charge in [0.15, 0.2) is 6.10 Å². The number of hydrogen-bond acceptors (Lipinski definition) is 8. The van der Waals surface area contributed by atoms with Crippen LogP contribution < -0.4 is 5.32 Å². The van der Waals surface area contributed by atoms with Gasteiger partial charge in [-0.05, 0) is 18.5 Å². The Morgan fingerprint density at radius 1 is 1.42 bits per heavy atom. The fourth-order valence-electron chi connectivity index (χ4n) is 2.54. The summed E-state index contributed by atoms with van der Waals surface area (Å²) in [6, 6.07) is 0. The second kappa shape index (κ2) is 6.86. The van der Waals surface area contributed by atoms with Crippen LogP contribution in [0.4, 0.5) is 5.00 Å². The molecule has 9 heteroatoms. The van der Waals surface area contributed by atoms with Crippen molar-refractivity contribution in [3.05, 3.63) is 23.0 Å². The lowest BCUT2D eigenvalue weighted by atomic mass is 10.2. The maximum Gasteiger partial charge on any atom is 0.258 e. The van der Waals surface area contributed by atoms with Gasteiger partial charge in [-0.3, -0.25) is 4.79 Å². The molecule has 24 heavy (non-hydrogen) atoms. The zero-order chi connectivity index (χ0) is 17.3. The summed E-state index contributed by atoms with van der Waals surface area (Å²) in [5.74, 6) is 1.10. The number of rotatable bonds is 4. The van der Waals surface area contributed by atoms with Gasteiger partial charge in [0.2, 0.25) is 11.8 Å². The number of amides is 1. The van der Waals surface area contributed by atoms with Gasteiger partial charge in [0, 0.05) is 19.5 Å². The predicted molar refractivity (Wildman–Crippen MR) is 89.4 cm³/mol. The maximum absolute atomic E-state index is 12.9.